The molecule has 2 aliphatic carbocycles. The minimum absolute atomic E-state index is 0. The van der Waals surface area contributed by atoms with Gasteiger partial charge in [0.25, 0.3) is 0 Å². The highest BCUT2D eigenvalue weighted by Gasteiger charge is 2.37. The van der Waals surface area contributed by atoms with Crippen LogP contribution in [0.5, 0.6) is 17.2 Å². The van der Waals surface area contributed by atoms with Crippen LogP contribution in [0, 0.1) is 13.8 Å². The van der Waals surface area contributed by atoms with E-state index < -0.39 is 0 Å². The van der Waals surface area contributed by atoms with Gasteiger partial charge in [-0.05, 0) is 124 Å². The van der Waals surface area contributed by atoms with Crippen LogP contribution in [0.25, 0.3) is 0 Å². The third-order valence-corrected chi connectivity index (χ3v) is 10.1. The van der Waals surface area contributed by atoms with Crippen LogP contribution in [0.2, 0.25) is 0 Å². The van der Waals surface area contributed by atoms with Crippen molar-refractivity contribution in [3.8, 4) is 17.2 Å². The Kier molecular flexibility index (Phi) is 11.5. The van der Waals surface area contributed by atoms with E-state index in [2.05, 4.69) is 60.5 Å². The number of hydrogen-bond acceptors (Lipinski definition) is 5. The third kappa shape index (κ3) is 6.88. The van der Waals surface area contributed by atoms with Crippen molar-refractivity contribution in [2.75, 3.05) is 20.2 Å². The number of halogens is 2. The topological polar surface area (TPSA) is 65.0 Å². The summed E-state index contributed by atoms with van der Waals surface area (Å²) < 4.78 is 5.60. The van der Waals surface area contributed by atoms with Crippen LogP contribution in [0.15, 0.2) is 48.5 Å². The average Bonchev–Trinajstić information content (AvgIpc) is 2.99. The van der Waals surface area contributed by atoms with Crippen LogP contribution in [0.4, 0.5) is 0 Å². The van der Waals surface area contributed by atoms with Gasteiger partial charge in [-0.3, -0.25) is 4.90 Å². The van der Waals surface area contributed by atoms with E-state index in [1.54, 1.807) is 13.2 Å². The van der Waals surface area contributed by atoms with Gasteiger partial charge in [0.15, 0.2) is 11.5 Å². The number of nitrogens with zero attached hydrogens (tertiary/aromatic N) is 1. The Labute approximate surface area is 274 Å². The Bertz CT molecular complexity index is 1400. The summed E-state index contributed by atoms with van der Waals surface area (Å²) in [5, 5.41) is 23.7. The predicted molar refractivity (Wildman–Crippen MR) is 183 cm³/mol. The van der Waals surface area contributed by atoms with Gasteiger partial charge in [0.2, 0.25) is 0 Å². The summed E-state index contributed by atoms with van der Waals surface area (Å²) in [6.45, 7) is 7.63. The van der Waals surface area contributed by atoms with Crippen molar-refractivity contribution < 1.29 is 14.9 Å². The summed E-state index contributed by atoms with van der Waals surface area (Å²) in [5.74, 6) is 2.42. The van der Waals surface area contributed by atoms with Crippen molar-refractivity contribution in [3.05, 3.63) is 87.5 Å². The van der Waals surface area contributed by atoms with Crippen LogP contribution in [-0.4, -0.2) is 47.4 Å². The standard InChI is InChI=1S/C21H25NO2.C15H21NO.BrH.ClH/c1-14-4-2-5-15(12-14)13-22-11-3-6-17-16-8-10-20(23)21(24)18(16)7-9-19(17)22;1-10-5-6-11-12-4-3-9-16-14(12)8-7-13(11)15(10)17-2;;/h2,4-5,8,10,12,17,19,23-24H,3,6-7,9,11,13H2,1H3;5-6,12,14,16H,3-4,7-9H2,1-2H3;2*1H/t17-,19-;12-,14-;;/m00../s1. The van der Waals surface area contributed by atoms with Gasteiger partial charge in [0, 0.05) is 24.2 Å². The lowest BCUT2D eigenvalue weighted by atomic mass is 9.74. The number of benzene rings is 3. The maximum Gasteiger partial charge on any atom is 0.160 e. The van der Waals surface area contributed by atoms with Gasteiger partial charge in [-0.15, -0.1) is 29.4 Å². The molecule has 234 valence electrons. The van der Waals surface area contributed by atoms with Crippen LogP contribution >= 0.6 is 29.4 Å². The Morgan fingerprint density at radius 2 is 1.63 bits per heavy atom. The van der Waals surface area contributed by atoms with Crippen LogP contribution in [0.3, 0.4) is 0 Å². The summed E-state index contributed by atoms with van der Waals surface area (Å²) in [6.07, 6.45) is 9.32. The SMILES string of the molecule is Br.COc1c(C)ccc2c1CC[C@@H]1NCCC[C@@H]21.Cc1cccc(CN2CCC[C@H]3c4ccc(O)c(O)c4CC[C@@H]32)c1.Cl. The normalized spacial score (nSPS) is 23.9. The molecule has 3 N–H and O–H groups in total. The largest absolute Gasteiger partial charge is 0.504 e. The van der Waals surface area contributed by atoms with Gasteiger partial charge >= 0.3 is 0 Å². The van der Waals surface area contributed by atoms with Gasteiger partial charge in [-0.1, -0.05) is 48.0 Å². The first-order chi connectivity index (χ1) is 19.9. The highest BCUT2D eigenvalue weighted by Crippen LogP contribution is 2.46. The summed E-state index contributed by atoms with van der Waals surface area (Å²) in [4.78, 5) is 2.62. The lowest BCUT2D eigenvalue weighted by Gasteiger charge is -2.45. The number of aryl methyl sites for hydroxylation is 2. The number of phenols is 2. The zero-order valence-corrected chi connectivity index (χ0v) is 28.3. The molecule has 0 spiro atoms. The monoisotopic (exact) mass is 670 g/mol. The Morgan fingerprint density at radius 1 is 0.884 bits per heavy atom. The minimum Gasteiger partial charge on any atom is -0.504 e. The zero-order chi connectivity index (χ0) is 28.5. The molecule has 7 heteroatoms. The van der Waals surface area contributed by atoms with E-state index in [9.17, 15) is 10.2 Å². The van der Waals surface area contributed by atoms with Crippen LogP contribution < -0.4 is 10.1 Å². The molecule has 7 rings (SSSR count). The lowest BCUT2D eigenvalue weighted by molar-refractivity contribution is 0.104. The first-order valence-corrected chi connectivity index (χ1v) is 15.7. The summed E-state index contributed by atoms with van der Waals surface area (Å²) in [6, 6.07) is 18.2. The molecule has 0 saturated carbocycles. The quantitative estimate of drug-likeness (QED) is 0.247. The van der Waals surface area contributed by atoms with E-state index in [0.717, 1.165) is 43.7 Å². The molecule has 0 unspecified atom stereocenters. The number of hydrogen-bond donors (Lipinski definition) is 3. The highest BCUT2D eigenvalue weighted by molar-refractivity contribution is 8.93. The molecule has 2 fully saturated rings. The molecule has 0 radical (unpaired) electrons. The van der Waals surface area contributed by atoms with E-state index in [0.29, 0.717) is 23.9 Å². The Balaban J connectivity index is 0.000000198. The molecule has 4 aliphatic rings. The molecule has 2 saturated heterocycles. The zero-order valence-electron chi connectivity index (χ0n) is 25.8. The van der Waals surface area contributed by atoms with Crippen molar-refractivity contribution in [1.29, 1.82) is 0 Å². The third-order valence-electron chi connectivity index (χ3n) is 10.1. The van der Waals surface area contributed by atoms with E-state index in [1.807, 2.05) is 6.07 Å². The number of phenolic OH excluding ortho intramolecular Hbond substituents is 2. The number of methoxy groups -OCH3 is 1. The second kappa shape index (κ2) is 14.7. The highest BCUT2D eigenvalue weighted by atomic mass is 79.9. The van der Waals surface area contributed by atoms with Crippen molar-refractivity contribution in [3.63, 3.8) is 0 Å². The molecule has 0 amide bonds. The van der Waals surface area contributed by atoms with Crippen molar-refractivity contribution in [1.82, 2.24) is 10.2 Å². The molecule has 0 aromatic heterocycles. The molecule has 0 bridgehead atoms. The van der Waals surface area contributed by atoms with Crippen molar-refractivity contribution in [2.45, 2.75) is 95.7 Å². The summed E-state index contributed by atoms with van der Waals surface area (Å²) >= 11 is 0. The molecule has 2 heterocycles. The van der Waals surface area contributed by atoms with Crippen molar-refractivity contribution in [2.24, 2.45) is 0 Å². The first kappa shape index (κ1) is 33.6. The van der Waals surface area contributed by atoms with Crippen molar-refractivity contribution >= 4 is 29.4 Å². The first-order valence-electron chi connectivity index (χ1n) is 15.7. The second-order valence-electron chi connectivity index (χ2n) is 12.6. The molecule has 3 aromatic carbocycles. The molecule has 3 aromatic rings. The number of likely N-dealkylation sites (tertiary alicyclic amines) is 1. The number of rotatable bonds is 3. The van der Waals surface area contributed by atoms with Gasteiger partial charge in [-0.25, -0.2) is 0 Å². The van der Waals surface area contributed by atoms with Gasteiger partial charge in [0.05, 0.1) is 7.11 Å². The number of fused-ring (bicyclic) bond motifs is 6. The van der Waals surface area contributed by atoms with Crippen LogP contribution in [0.1, 0.15) is 89.3 Å². The molecule has 5 nitrogen and oxygen atoms in total. The molecular formula is C36H48BrClN2O3. The molecule has 4 atom stereocenters. The molecule has 43 heavy (non-hydrogen) atoms. The molecular weight excluding hydrogens is 624 g/mol. The van der Waals surface area contributed by atoms with E-state index in [-0.39, 0.29) is 40.9 Å². The summed E-state index contributed by atoms with van der Waals surface area (Å²) in [5.41, 5.74) is 9.19. The van der Waals surface area contributed by atoms with Crippen LogP contribution in [-0.2, 0) is 19.4 Å². The fourth-order valence-corrected chi connectivity index (χ4v) is 8.23. The fraction of sp³-hybridized carbons (Fsp3) is 0.500. The summed E-state index contributed by atoms with van der Waals surface area (Å²) in [7, 11) is 1.80. The maximum atomic E-state index is 10.2. The van der Waals surface area contributed by atoms with E-state index >= 15 is 0 Å². The van der Waals surface area contributed by atoms with Gasteiger partial charge in [0.1, 0.15) is 5.75 Å². The van der Waals surface area contributed by atoms with Gasteiger partial charge < -0.3 is 20.3 Å². The number of nitrogens with one attached hydrogen (secondary N) is 1. The number of aromatic hydroxyl groups is 2. The number of ether oxygens (including phenoxy) is 1. The molecule has 2 aliphatic heterocycles. The van der Waals surface area contributed by atoms with E-state index in [4.69, 9.17) is 4.74 Å². The number of piperidine rings is 2. The van der Waals surface area contributed by atoms with E-state index in [1.165, 1.54) is 72.0 Å². The minimum atomic E-state index is 0. The fourth-order valence-electron chi connectivity index (χ4n) is 8.23. The Morgan fingerprint density at radius 3 is 2.42 bits per heavy atom. The Hall–Kier alpha value is -2.25. The predicted octanol–water partition coefficient (Wildman–Crippen LogP) is 7.89. The lowest BCUT2D eigenvalue weighted by Crippen LogP contribution is -2.45. The average molecular weight is 672 g/mol. The van der Waals surface area contributed by atoms with Gasteiger partial charge in [-0.2, -0.15) is 0 Å². The maximum absolute atomic E-state index is 10.2. The second-order valence-corrected chi connectivity index (χ2v) is 12.6. The smallest absolute Gasteiger partial charge is 0.160 e.